The maximum Gasteiger partial charge on any atom is 0.416 e. The van der Waals surface area contributed by atoms with Gasteiger partial charge >= 0.3 is 6.18 Å². The third-order valence-electron chi connectivity index (χ3n) is 2.52. The van der Waals surface area contributed by atoms with Crippen LogP contribution in [0.5, 0.6) is 0 Å². The second-order valence-electron chi connectivity index (χ2n) is 3.43. The summed E-state index contributed by atoms with van der Waals surface area (Å²) < 4.78 is 47.1. The van der Waals surface area contributed by atoms with Gasteiger partial charge in [-0.15, -0.1) is 0 Å². The molecule has 0 heterocycles. The van der Waals surface area contributed by atoms with Gasteiger partial charge in [-0.05, 0) is 19.1 Å². The van der Waals surface area contributed by atoms with E-state index in [1.54, 1.807) is 6.92 Å². The first-order valence-corrected chi connectivity index (χ1v) is 4.61. The minimum absolute atomic E-state index is 0.533. The molecule has 2 nitrogen and oxygen atoms in total. The third-order valence-corrected chi connectivity index (χ3v) is 2.52. The maximum atomic E-state index is 12.3. The molecule has 0 aliphatic heterocycles. The molecule has 0 unspecified atom stereocenters. The normalized spacial score (nSPS) is 12.9. The lowest BCUT2D eigenvalue weighted by molar-refractivity contribution is -0.202. The fourth-order valence-corrected chi connectivity index (χ4v) is 1.28. The summed E-state index contributed by atoms with van der Waals surface area (Å²) in [5, 5.41) is 0. The monoisotopic (exact) mass is 234 g/mol. The highest BCUT2D eigenvalue weighted by Crippen LogP contribution is 2.32. The predicted octanol–water partition coefficient (Wildman–Crippen LogP) is 3.17. The summed E-state index contributed by atoms with van der Waals surface area (Å²) >= 11 is 0. The van der Waals surface area contributed by atoms with E-state index in [1.807, 2.05) is 0 Å². The summed E-state index contributed by atoms with van der Waals surface area (Å²) in [6, 6.07) is 4.70. The molecule has 0 spiro atoms. The Morgan fingerprint density at radius 3 is 1.56 bits per heavy atom. The minimum Gasteiger partial charge on any atom is -0.349 e. The van der Waals surface area contributed by atoms with Crippen LogP contribution in [0.3, 0.4) is 0 Å². The molecule has 0 radical (unpaired) electrons. The molecule has 0 aliphatic carbocycles. The van der Waals surface area contributed by atoms with Crippen molar-refractivity contribution in [2.75, 3.05) is 14.2 Å². The third kappa shape index (κ3) is 2.54. The fraction of sp³-hybridized carbons (Fsp3) is 0.455. The van der Waals surface area contributed by atoms with E-state index in [0.29, 0.717) is 5.56 Å². The fourth-order valence-electron chi connectivity index (χ4n) is 1.28. The van der Waals surface area contributed by atoms with Gasteiger partial charge in [0.25, 0.3) is 0 Å². The van der Waals surface area contributed by atoms with E-state index in [4.69, 9.17) is 9.47 Å². The summed E-state index contributed by atoms with van der Waals surface area (Å²) in [4.78, 5) is 0. The van der Waals surface area contributed by atoms with Crippen LogP contribution in [0.4, 0.5) is 13.2 Å². The van der Waals surface area contributed by atoms with Gasteiger partial charge in [0.05, 0.1) is 5.56 Å². The van der Waals surface area contributed by atoms with Crippen molar-refractivity contribution in [3.05, 3.63) is 35.4 Å². The van der Waals surface area contributed by atoms with Gasteiger partial charge in [-0.1, -0.05) is 12.1 Å². The van der Waals surface area contributed by atoms with Crippen molar-refractivity contribution in [1.29, 1.82) is 0 Å². The lowest BCUT2D eigenvalue weighted by Gasteiger charge is -2.27. The Kier molecular flexibility index (Phi) is 3.60. The maximum absolute atomic E-state index is 12.3. The van der Waals surface area contributed by atoms with E-state index in [-0.39, 0.29) is 0 Å². The molecule has 16 heavy (non-hydrogen) atoms. The SMILES string of the molecule is COC(C)(OC)c1ccc(C(F)(F)F)cc1. The molecule has 0 bridgehead atoms. The first-order chi connectivity index (χ1) is 7.33. The van der Waals surface area contributed by atoms with Gasteiger partial charge in [-0.25, -0.2) is 0 Å². The Balaban J connectivity index is 3.04. The number of alkyl halides is 3. The molecule has 5 heteroatoms. The minimum atomic E-state index is -4.32. The summed E-state index contributed by atoms with van der Waals surface area (Å²) in [6.07, 6.45) is -4.32. The van der Waals surface area contributed by atoms with Crippen LogP contribution in [-0.2, 0) is 21.4 Å². The van der Waals surface area contributed by atoms with Crippen molar-refractivity contribution in [1.82, 2.24) is 0 Å². The number of hydrogen-bond acceptors (Lipinski definition) is 2. The number of hydrogen-bond donors (Lipinski definition) is 0. The van der Waals surface area contributed by atoms with Crippen molar-refractivity contribution in [2.45, 2.75) is 18.9 Å². The zero-order valence-corrected chi connectivity index (χ0v) is 9.26. The molecule has 1 rings (SSSR count). The molecule has 0 saturated heterocycles. The second-order valence-corrected chi connectivity index (χ2v) is 3.43. The van der Waals surface area contributed by atoms with Gasteiger partial charge in [0.2, 0.25) is 0 Å². The second kappa shape index (κ2) is 4.43. The molecule has 0 fully saturated rings. The topological polar surface area (TPSA) is 18.5 Å². The molecule has 1 aromatic rings. The Bertz CT molecular complexity index is 339. The summed E-state index contributed by atoms with van der Waals surface area (Å²) in [6.45, 7) is 1.63. The number of benzene rings is 1. The van der Waals surface area contributed by atoms with Crippen LogP contribution in [0.25, 0.3) is 0 Å². The highest BCUT2D eigenvalue weighted by atomic mass is 19.4. The van der Waals surface area contributed by atoms with E-state index < -0.39 is 17.5 Å². The number of methoxy groups -OCH3 is 2. The number of ether oxygens (including phenoxy) is 2. The summed E-state index contributed by atoms with van der Waals surface area (Å²) in [5.41, 5.74) is -0.156. The Morgan fingerprint density at radius 1 is 0.875 bits per heavy atom. The van der Waals surface area contributed by atoms with E-state index >= 15 is 0 Å². The van der Waals surface area contributed by atoms with E-state index in [2.05, 4.69) is 0 Å². The first-order valence-electron chi connectivity index (χ1n) is 4.61. The van der Waals surface area contributed by atoms with E-state index in [9.17, 15) is 13.2 Å². The van der Waals surface area contributed by atoms with Crippen molar-refractivity contribution in [3.8, 4) is 0 Å². The smallest absolute Gasteiger partial charge is 0.349 e. The molecule has 0 N–H and O–H groups in total. The molecular weight excluding hydrogens is 221 g/mol. The van der Waals surface area contributed by atoms with Crippen LogP contribution < -0.4 is 0 Å². The Labute approximate surface area is 92.0 Å². The molecule has 0 atom stereocenters. The average molecular weight is 234 g/mol. The van der Waals surface area contributed by atoms with Gasteiger partial charge in [-0.3, -0.25) is 0 Å². The van der Waals surface area contributed by atoms with Crippen molar-refractivity contribution >= 4 is 0 Å². The molecule has 90 valence electrons. The van der Waals surface area contributed by atoms with Gasteiger partial charge in [0, 0.05) is 19.8 Å². The standard InChI is InChI=1S/C11H13F3O2/c1-10(15-2,16-3)8-4-6-9(7-5-8)11(12,13)14/h4-7H,1-3H3. The first kappa shape index (κ1) is 13.0. The van der Waals surface area contributed by atoms with Crippen molar-refractivity contribution < 1.29 is 22.6 Å². The van der Waals surface area contributed by atoms with Crippen molar-refractivity contribution in [2.24, 2.45) is 0 Å². The van der Waals surface area contributed by atoms with Gasteiger partial charge < -0.3 is 9.47 Å². The van der Waals surface area contributed by atoms with Crippen LogP contribution in [0.15, 0.2) is 24.3 Å². The number of rotatable bonds is 3. The Morgan fingerprint density at radius 2 is 1.25 bits per heavy atom. The highest BCUT2D eigenvalue weighted by Gasteiger charge is 2.32. The van der Waals surface area contributed by atoms with Gasteiger partial charge in [-0.2, -0.15) is 13.2 Å². The van der Waals surface area contributed by atoms with Gasteiger partial charge in [0.15, 0.2) is 5.79 Å². The summed E-state index contributed by atoms with van der Waals surface area (Å²) in [5.74, 6) is -1.02. The lowest BCUT2D eigenvalue weighted by atomic mass is 10.0. The van der Waals surface area contributed by atoms with Crippen LogP contribution in [0.2, 0.25) is 0 Å². The largest absolute Gasteiger partial charge is 0.416 e. The molecule has 0 amide bonds. The van der Waals surface area contributed by atoms with Crippen LogP contribution >= 0.6 is 0 Å². The highest BCUT2D eigenvalue weighted by molar-refractivity contribution is 5.27. The predicted molar refractivity (Wildman–Crippen MR) is 52.8 cm³/mol. The average Bonchev–Trinajstić information content (AvgIpc) is 2.27. The van der Waals surface area contributed by atoms with Crippen molar-refractivity contribution in [3.63, 3.8) is 0 Å². The van der Waals surface area contributed by atoms with E-state index in [0.717, 1.165) is 12.1 Å². The van der Waals surface area contributed by atoms with E-state index in [1.165, 1.54) is 26.4 Å². The summed E-state index contributed by atoms with van der Waals surface area (Å²) in [7, 11) is 2.86. The van der Waals surface area contributed by atoms with Gasteiger partial charge in [0.1, 0.15) is 0 Å². The zero-order chi connectivity index (χ0) is 12.4. The van der Waals surface area contributed by atoms with Crippen LogP contribution in [0, 0.1) is 0 Å². The molecule has 0 aliphatic rings. The van der Waals surface area contributed by atoms with Crippen LogP contribution in [0.1, 0.15) is 18.1 Å². The molecular formula is C11H13F3O2. The lowest BCUT2D eigenvalue weighted by Crippen LogP contribution is -2.26. The molecule has 1 aromatic carbocycles. The zero-order valence-electron chi connectivity index (χ0n) is 9.26. The number of halogens is 3. The quantitative estimate of drug-likeness (QED) is 0.748. The Hall–Kier alpha value is -1.07. The van der Waals surface area contributed by atoms with Crippen LogP contribution in [-0.4, -0.2) is 14.2 Å². The molecule has 0 aromatic heterocycles. The molecule has 0 saturated carbocycles.